The van der Waals surface area contributed by atoms with Gasteiger partial charge in [0.05, 0.1) is 11.8 Å². The van der Waals surface area contributed by atoms with E-state index in [0.29, 0.717) is 5.02 Å². The van der Waals surface area contributed by atoms with Crippen LogP contribution >= 0.6 is 11.6 Å². The number of carboxylic acids is 1. The van der Waals surface area contributed by atoms with E-state index in [2.05, 4.69) is 15.4 Å². The molecule has 0 unspecified atom stereocenters. The Balaban J connectivity index is 0.000000339. The van der Waals surface area contributed by atoms with Crippen molar-refractivity contribution in [3.8, 4) is 16.9 Å². The van der Waals surface area contributed by atoms with Crippen LogP contribution in [0.25, 0.3) is 16.8 Å². The highest BCUT2D eigenvalue weighted by Gasteiger charge is 2.38. The number of rotatable bonds is 3. The Hall–Kier alpha value is -2.85. The molecule has 0 amide bonds. The molecule has 0 spiro atoms. The van der Waals surface area contributed by atoms with Gasteiger partial charge in [-0.15, -0.1) is 0 Å². The third-order valence-electron chi connectivity index (χ3n) is 4.62. The van der Waals surface area contributed by atoms with Crippen molar-refractivity contribution in [3.05, 3.63) is 47.4 Å². The van der Waals surface area contributed by atoms with Crippen LogP contribution < -0.4 is 10.1 Å². The number of carboxylic acid groups (broad SMARTS) is 1. The zero-order chi connectivity index (χ0) is 22.6. The average Bonchev–Trinajstić information content (AvgIpc) is 3.14. The second-order valence-corrected chi connectivity index (χ2v) is 7.35. The van der Waals surface area contributed by atoms with Gasteiger partial charge in [-0.3, -0.25) is 0 Å². The molecule has 1 fully saturated rings. The van der Waals surface area contributed by atoms with Gasteiger partial charge in [-0.05, 0) is 56.6 Å². The van der Waals surface area contributed by atoms with Crippen molar-refractivity contribution in [3.63, 3.8) is 0 Å². The van der Waals surface area contributed by atoms with E-state index in [1.165, 1.54) is 0 Å². The fraction of sp³-hybridized carbons (Fsp3) is 0.350. The van der Waals surface area contributed by atoms with Crippen molar-refractivity contribution >= 4 is 23.2 Å². The molecule has 2 aromatic heterocycles. The minimum atomic E-state index is -5.08. The molecule has 31 heavy (non-hydrogen) atoms. The second-order valence-electron chi connectivity index (χ2n) is 6.92. The Kier molecular flexibility index (Phi) is 7.01. The number of aromatic nitrogens is 3. The zero-order valence-corrected chi connectivity index (χ0v) is 17.2. The molecule has 1 aliphatic rings. The number of carbonyl (C=O) groups is 1. The molecule has 0 radical (unpaired) electrons. The number of hydrogen-bond donors (Lipinski definition) is 2. The van der Waals surface area contributed by atoms with Gasteiger partial charge in [-0.25, -0.2) is 14.3 Å². The van der Waals surface area contributed by atoms with Crippen LogP contribution in [-0.2, 0) is 4.79 Å². The molecule has 4 rings (SSSR count). The standard InChI is InChI=1S/C18H19ClN4O.C2HF3O2/c1-12-9-13(19)10-15(17(12)24-14-3-6-20-7-4-14)16-11-22-23-8-2-5-21-18(16)23;3-2(4,5)1(6)7/h2,5,8-11,14,20H,3-4,6-7H2,1H3;(H,6,7). The molecule has 0 atom stereocenters. The van der Waals surface area contributed by atoms with Gasteiger partial charge in [0.15, 0.2) is 5.65 Å². The Morgan fingerprint density at radius 3 is 2.61 bits per heavy atom. The Labute approximate surface area is 180 Å². The topological polar surface area (TPSA) is 88.8 Å². The van der Waals surface area contributed by atoms with Crippen LogP contribution in [0.15, 0.2) is 36.8 Å². The maximum atomic E-state index is 10.6. The minimum Gasteiger partial charge on any atom is -0.489 e. The summed E-state index contributed by atoms with van der Waals surface area (Å²) in [5.74, 6) is -1.88. The molecular formula is C20H20ClF3N4O3. The number of aliphatic carboxylic acids is 1. The van der Waals surface area contributed by atoms with Gasteiger partial charge in [-0.1, -0.05) is 11.6 Å². The van der Waals surface area contributed by atoms with Gasteiger partial charge in [0.2, 0.25) is 0 Å². The number of halogens is 4. The molecule has 1 aliphatic heterocycles. The number of ether oxygens (including phenoxy) is 1. The van der Waals surface area contributed by atoms with Gasteiger partial charge >= 0.3 is 12.1 Å². The highest BCUT2D eigenvalue weighted by atomic mass is 35.5. The van der Waals surface area contributed by atoms with Crippen molar-refractivity contribution in [2.24, 2.45) is 0 Å². The predicted molar refractivity (Wildman–Crippen MR) is 108 cm³/mol. The Morgan fingerprint density at radius 2 is 1.97 bits per heavy atom. The lowest BCUT2D eigenvalue weighted by Gasteiger charge is -2.26. The first-order valence-corrected chi connectivity index (χ1v) is 9.81. The van der Waals surface area contributed by atoms with Gasteiger partial charge in [0.1, 0.15) is 11.9 Å². The molecule has 3 heterocycles. The van der Waals surface area contributed by atoms with Gasteiger partial charge < -0.3 is 15.2 Å². The van der Waals surface area contributed by atoms with E-state index >= 15 is 0 Å². The monoisotopic (exact) mass is 456 g/mol. The first-order chi connectivity index (χ1) is 14.7. The van der Waals surface area contributed by atoms with Gasteiger partial charge in [0, 0.05) is 23.0 Å². The number of aryl methyl sites for hydroxylation is 1. The van der Waals surface area contributed by atoms with Crippen LogP contribution in [0.5, 0.6) is 5.75 Å². The summed E-state index contributed by atoms with van der Waals surface area (Å²) in [7, 11) is 0. The highest BCUT2D eigenvalue weighted by molar-refractivity contribution is 6.31. The van der Waals surface area contributed by atoms with Crippen LogP contribution in [0.4, 0.5) is 13.2 Å². The number of hydrogen-bond acceptors (Lipinski definition) is 5. The normalized spacial score (nSPS) is 14.7. The fourth-order valence-corrected chi connectivity index (χ4v) is 3.46. The molecule has 0 saturated carbocycles. The highest BCUT2D eigenvalue weighted by Crippen LogP contribution is 2.38. The molecule has 7 nitrogen and oxygen atoms in total. The fourth-order valence-electron chi connectivity index (χ4n) is 3.18. The molecule has 1 saturated heterocycles. The number of alkyl halides is 3. The maximum Gasteiger partial charge on any atom is 0.490 e. The molecule has 3 aromatic rings. The summed E-state index contributed by atoms with van der Waals surface area (Å²) in [4.78, 5) is 13.4. The van der Waals surface area contributed by atoms with E-state index in [0.717, 1.165) is 54.0 Å². The molecule has 2 N–H and O–H groups in total. The summed E-state index contributed by atoms with van der Waals surface area (Å²) in [5, 5.41) is 15.6. The smallest absolute Gasteiger partial charge is 0.489 e. The molecular weight excluding hydrogens is 437 g/mol. The average molecular weight is 457 g/mol. The van der Waals surface area contributed by atoms with Crippen molar-refractivity contribution in [2.75, 3.05) is 13.1 Å². The second kappa shape index (κ2) is 9.52. The van der Waals surface area contributed by atoms with Crippen molar-refractivity contribution < 1.29 is 27.8 Å². The summed E-state index contributed by atoms with van der Waals surface area (Å²) in [6.45, 7) is 4.01. The number of nitrogens with zero attached hydrogens (tertiary/aromatic N) is 3. The lowest BCUT2D eigenvalue weighted by Crippen LogP contribution is -2.34. The summed E-state index contributed by atoms with van der Waals surface area (Å²) in [5.41, 5.74) is 3.72. The van der Waals surface area contributed by atoms with Crippen LogP contribution in [0.2, 0.25) is 5.02 Å². The molecule has 166 valence electrons. The minimum absolute atomic E-state index is 0.222. The van der Waals surface area contributed by atoms with E-state index in [-0.39, 0.29) is 6.10 Å². The molecule has 11 heteroatoms. The Morgan fingerprint density at radius 1 is 1.29 bits per heavy atom. The third-order valence-corrected chi connectivity index (χ3v) is 4.84. The van der Waals surface area contributed by atoms with E-state index in [1.54, 1.807) is 10.7 Å². The van der Waals surface area contributed by atoms with E-state index < -0.39 is 12.1 Å². The third kappa shape index (κ3) is 5.65. The van der Waals surface area contributed by atoms with Gasteiger partial charge in [0.25, 0.3) is 0 Å². The van der Waals surface area contributed by atoms with Crippen LogP contribution in [0.1, 0.15) is 18.4 Å². The summed E-state index contributed by atoms with van der Waals surface area (Å²) in [6.07, 6.45) is 2.63. The van der Waals surface area contributed by atoms with E-state index in [1.807, 2.05) is 37.5 Å². The lowest BCUT2D eigenvalue weighted by molar-refractivity contribution is -0.192. The molecule has 0 bridgehead atoms. The zero-order valence-electron chi connectivity index (χ0n) is 16.5. The Bertz CT molecular complexity index is 1070. The first-order valence-electron chi connectivity index (χ1n) is 9.43. The number of fused-ring (bicyclic) bond motifs is 1. The lowest BCUT2D eigenvalue weighted by atomic mass is 10.0. The quantitative estimate of drug-likeness (QED) is 0.616. The van der Waals surface area contributed by atoms with Crippen molar-refractivity contribution in [2.45, 2.75) is 32.0 Å². The molecule has 0 aliphatic carbocycles. The van der Waals surface area contributed by atoms with Crippen LogP contribution in [0, 0.1) is 6.92 Å². The maximum absolute atomic E-state index is 10.6. The summed E-state index contributed by atoms with van der Waals surface area (Å²) in [6, 6.07) is 5.75. The van der Waals surface area contributed by atoms with E-state index in [4.69, 9.17) is 26.2 Å². The first kappa shape index (κ1) is 22.8. The summed E-state index contributed by atoms with van der Waals surface area (Å²) >= 11 is 6.32. The SMILES string of the molecule is Cc1cc(Cl)cc(-c2cnn3cccnc23)c1OC1CCNCC1.O=C(O)C(F)(F)F. The number of benzene rings is 1. The van der Waals surface area contributed by atoms with Crippen LogP contribution in [-0.4, -0.2) is 51.0 Å². The van der Waals surface area contributed by atoms with Crippen molar-refractivity contribution in [1.29, 1.82) is 0 Å². The van der Waals surface area contributed by atoms with E-state index in [9.17, 15) is 13.2 Å². The number of nitrogens with one attached hydrogen (secondary N) is 1. The summed E-state index contributed by atoms with van der Waals surface area (Å²) < 4.78 is 39.9. The predicted octanol–water partition coefficient (Wildman–Crippen LogP) is 4.12. The largest absolute Gasteiger partial charge is 0.490 e. The van der Waals surface area contributed by atoms with Crippen LogP contribution in [0.3, 0.4) is 0 Å². The number of piperidine rings is 1. The molecule has 1 aromatic carbocycles. The van der Waals surface area contributed by atoms with Gasteiger partial charge in [-0.2, -0.15) is 18.3 Å². The van der Waals surface area contributed by atoms with Crippen molar-refractivity contribution in [1.82, 2.24) is 19.9 Å².